The molecule has 3 aromatic rings. The summed E-state index contributed by atoms with van der Waals surface area (Å²) in [6, 6.07) is 10.1. The van der Waals surface area contributed by atoms with Crippen LogP contribution < -0.4 is 10.6 Å². The maximum atomic E-state index is 13.1. The number of aromatic hydroxyl groups is 1. The minimum atomic E-state index is -3.74. The van der Waals surface area contributed by atoms with Crippen LogP contribution in [0.4, 0.5) is 0 Å². The number of hydrogen-bond acceptors (Lipinski definition) is 5. The van der Waals surface area contributed by atoms with E-state index in [1.165, 1.54) is 16.4 Å². The average molecular weight is 439 g/mol. The summed E-state index contributed by atoms with van der Waals surface area (Å²) >= 11 is 0. The Balaban J connectivity index is 1.79. The van der Waals surface area contributed by atoms with Crippen LogP contribution in [0.25, 0.3) is 16.5 Å². The lowest BCUT2D eigenvalue weighted by molar-refractivity contribution is -0.112. The molecule has 1 fully saturated rings. The second-order valence-corrected chi connectivity index (χ2v) is 9.65. The van der Waals surface area contributed by atoms with Crippen LogP contribution in [0.3, 0.4) is 0 Å². The molecule has 3 heterocycles. The van der Waals surface area contributed by atoms with Gasteiger partial charge in [-0.3, -0.25) is 4.79 Å². The van der Waals surface area contributed by atoms with Crippen LogP contribution in [0.1, 0.15) is 11.1 Å². The van der Waals surface area contributed by atoms with E-state index >= 15 is 0 Å². The van der Waals surface area contributed by atoms with Crippen molar-refractivity contribution in [1.82, 2.24) is 8.87 Å². The number of aromatic nitrogens is 1. The van der Waals surface area contributed by atoms with E-state index in [1.54, 1.807) is 17.7 Å². The highest BCUT2D eigenvalue weighted by atomic mass is 32.2. The van der Waals surface area contributed by atoms with E-state index < -0.39 is 15.9 Å². The van der Waals surface area contributed by atoms with Crippen LogP contribution in [0.15, 0.2) is 46.3 Å². The Labute approximate surface area is 178 Å². The number of rotatable bonds is 3. The predicted octanol–water partition coefficient (Wildman–Crippen LogP) is 0.572. The van der Waals surface area contributed by atoms with E-state index in [-0.39, 0.29) is 29.4 Å². The van der Waals surface area contributed by atoms with Crippen LogP contribution in [0, 0.1) is 6.92 Å². The van der Waals surface area contributed by atoms with Gasteiger partial charge >= 0.3 is 0 Å². The van der Waals surface area contributed by atoms with Crippen molar-refractivity contribution in [1.29, 1.82) is 0 Å². The molecule has 0 bridgehead atoms. The molecule has 31 heavy (non-hydrogen) atoms. The van der Waals surface area contributed by atoms with Crippen molar-refractivity contribution in [3.8, 4) is 5.88 Å². The molecule has 0 unspecified atom stereocenters. The number of para-hydroxylation sites is 1. The first-order valence-electron chi connectivity index (χ1n) is 9.93. The molecule has 2 aromatic carbocycles. The number of carbonyl (C=O) groups is 1. The Bertz CT molecular complexity index is 1480. The first-order valence-corrected chi connectivity index (χ1v) is 11.4. The molecular weight excluding hydrogens is 418 g/mol. The number of sulfonamides is 1. The molecule has 0 aliphatic carbocycles. The number of aryl methyl sites for hydroxylation is 2. The molecule has 1 saturated heterocycles. The van der Waals surface area contributed by atoms with E-state index in [9.17, 15) is 18.3 Å². The fourth-order valence-electron chi connectivity index (χ4n) is 4.38. The topological polar surface area (TPSA) is 101 Å². The smallest absolute Gasteiger partial charge is 0.279 e. The van der Waals surface area contributed by atoms with Crippen molar-refractivity contribution in [2.45, 2.75) is 11.8 Å². The number of amides is 1. The molecule has 1 amide bonds. The lowest BCUT2D eigenvalue weighted by atomic mass is 10.0. The third kappa shape index (κ3) is 2.92. The lowest BCUT2D eigenvalue weighted by Gasteiger charge is -2.26. The Morgan fingerprint density at radius 3 is 2.61 bits per heavy atom. The maximum absolute atomic E-state index is 13.1. The molecule has 0 atom stereocenters. The number of hydrogen-bond donors (Lipinski definition) is 1. The number of benzene rings is 2. The highest BCUT2D eigenvalue weighted by Gasteiger charge is 2.30. The van der Waals surface area contributed by atoms with Gasteiger partial charge in [-0.15, -0.1) is 0 Å². The van der Waals surface area contributed by atoms with Crippen molar-refractivity contribution >= 4 is 32.4 Å². The Morgan fingerprint density at radius 2 is 1.87 bits per heavy atom. The third-order valence-corrected chi connectivity index (χ3v) is 7.81. The summed E-state index contributed by atoms with van der Waals surface area (Å²) in [4.78, 5) is 17.1. The summed E-state index contributed by atoms with van der Waals surface area (Å²) in [7, 11) is -2.01. The van der Waals surface area contributed by atoms with E-state index in [2.05, 4.69) is 4.99 Å². The second-order valence-electron chi connectivity index (χ2n) is 7.72. The van der Waals surface area contributed by atoms with Gasteiger partial charge in [0.2, 0.25) is 10.0 Å². The van der Waals surface area contributed by atoms with E-state index in [1.807, 2.05) is 25.1 Å². The summed E-state index contributed by atoms with van der Waals surface area (Å²) in [5.41, 5.74) is 2.34. The maximum Gasteiger partial charge on any atom is 0.279 e. The van der Waals surface area contributed by atoms with Crippen LogP contribution in [-0.4, -0.2) is 54.6 Å². The monoisotopic (exact) mass is 439 g/mol. The minimum absolute atomic E-state index is 0.0582. The fraction of sp³-hybridized carbons (Fsp3) is 0.273. The van der Waals surface area contributed by atoms with Gasteiger partial charge in [0.25, 0.3) is 5.91 Å². The van der Waals surface area contributed by atoms with Crippen LogP contribution >= 0.6 is 0 Å². The SMILES string of the molecule is Cc1cccc2c(C3=c4cc(S(=O)(=O)N5CCOCC5)ccc4=NC3=O)c(O)n(C)c12. The van der Waals surface area contributed by atoms with Gasteiger partial charge < -0.3 is 14.4 Å². The summed E-state index contributed by atoms with van der Waals surface area (Å²) < 4.78 is 34.5. The number of morpholine rings is 1. The van der Waals surface area contributed by atoms with Crippen LogP contribution in [0.5, 0.6) is 5.88 Å². The Kier molecular flexibility index (Phi) is 4.51. The molecule has 1 aromatic heterocycles. The van der Waals surface area contributed by atoms with E-state index in [0.717, 1.165) is 11.1 Å². The molecule has 2 aliphatic heterocycles. The predicted molar refractivity (Wildman–Crippen MR) is 114 cm³/mol. The van der Waals surface area contributed by atoms with Gasteiger partial charge in [-0.1, -0.05) is 18.2 Å². The molecule has 8 nitrogen and oxygen atoms in total. The van der Waals surface area contributed by atoms with Gasteiger partial charge in [-0.05, 0) is 30.7 Å². The molecule has 9 heteroatoms. The summed E-state index contributed by atoms with van der Waals surface area (Å²) in [5.74, 6) is -0.558. The molecule has 0 spiro atoms. The van der Waals surface area contributed by atoms with Crippen LogP contribution in [-0.2, 0) is 26.6 Å². The van der Waals surface area contributed by atoms with Gasteiger partial charge in [0, 0.05) is 30.7 Å². The molecular formula is C22H21N3O5S. The Morgan fingerprint density at radius 1 is 1.13 bits per heavy atom. The standard InChI is InChI=1S/C22H21N3O5S/c1-13-4-3-5-15-19(22(27)24(2)20(13)15)18-16-12-14(6-7-17(16)23-21(18)26)31(28,29)25-8-10-30-11-9-25/h3-7,12,27H,8-11H2,1-2H3. The van der Waals surface area contributed by atoms with E-state index in [0.29, 0.717) is 34.7 Å². The van der Waals surface area contributed by atoms with Crippen molar-refractivity contribution < 1.29 is 23.1 Å². The summed E-state index contributed by atoms with van der Waals surface area (Å²) in [5, 5.41) is 12.4. The highest BCUT2D eigenvalue weighted by molar-refractivity contribution is 7.89. The van der Waals surface area contributed by atoms with Crippen molar-refractivity contribution in [3.05, 3.63) is 58.1 Å². The normalized spacial score (nSPS) is 17.2. The van der Waals surface area contributed by atoms with Crippen molar-refractivity contribution in [2.24, 2.45) is 12.0 Å². The number of nitrogens with zero attached hydrogens (tertiary/aromatic N) is 3. The third-order valence-electron chi connectivity index (χ3n) is 5.91. The zero-order valence-electron chi connectivity index (χ0n) is 17.1. The zero-order valence-corrected chi connectivity index (χ0v) is 17.9. The number of carbonyl (C=O) groups excluding carboxylic acids is 1. The van der Waals surface area contributed by atoms with Gasteiger partial charge in [-0.2, -0.15) is 4.31 Å². The molecule has 160 valence electrons. The first-order chi connectivity index (χ1) is 14.8. The van der Waals surface area contributed by atoms with E-state index in [4.69, 9.17) is 4.74 Å². The number of fused-ring (bicyclic) bond motifs is 2. The molecule has 2 aliphatic rings. The quantitative estimate of drug-likeness (QED) is 0.643. The lowest BCUT2D eigenvalue weighted by Crippen LogP contribution is -2.41. The van der Waals surface area contributed by atoms with Gasteiger partial charge in [-0.25, -0.2) is 13.4 Å². The summed E-state index contributed by atoms with van der Waals surface area (Å²) in [6.45, 7) is 3.18. The largest absolute Gasteiger partial charge is 0.494 e. The number of ether oxygens (including phenoxy) is 1. The van der Waals surface area contributed by atoms with Crippen molar-refractivity contribution in [2.75, 3.05) is 26.3 Å². The minimum Gasteiger partial charge on any atom is -0.494 e. The highest BCUT2D eigenvalue weighted by Crippen LogP contribution is 2.37. The summed E-state index contributed by atoms with van der Waals surface area (Å²) in [6.07, 6.45) is 0. The molecule has 0 saturated carbocycles. The Hall–Kier alpha value is -3.01. The van der Waals surface area contributed by atoms with Gasteiger partial charge in [0.05, 0.1) is 40.1 Å². The van der Waals surface area contributed by atoms with Gasteiger partial charge in [0.1, 0.15) is 0 Å². The first kappa shape index (κ1) is 19.9. The zero-order chi connectivity index (χ0) is 21.9. The van der Waals surface area contributed by atoms with Gasteiger partial charge in [0.15, 0.2) is 5.88 Å². The second kappa shape index (κ2) is 7.01. The van der Waals surface area contributed by atoms with Crippen molar-refractivity contribution in [3.63, 3.8) is 0 Å². The van der Waals surface area contributed by atoms with Crippen LogP contribution in [0.2, 0.25) is 0 Å². The molecule has 1 N–H and O–H groups in total. The molecule has 5 rings (SSSR count). The fourth-order valence-corrected chi connectivity index (χ4v) is 5.81. The average Bonchev–Trinajstić information content (AvgIpc) is 3.21. The molecule has 0 radical (unpaired) electrons.